The quantitative estimate of drug-likeness (QED) is 0.817. The molecule has 5 nitrogen and oxygen atoms in total. The van der Waals surface area contributed by atoms with Gasteiger partial charge < -0.3 is 14.5 Å². The third kappa shape index (κ3) is 2.95. The first-order chi connectivity index (χ1) is 12.6. The monoisotopic (exact) mass is 357 g/mol. The van der Waals surface area contributed by atoms with Crippen molar-refractivity contribution in [1.29, 1.82) is 5.26 Å². The highest BCUT2D eigenvalue weighted by Crippen LogP contribution is 2.43. The van der Waals surface area contributed by atoms with E-state index in [4.69, 9.17) is 10.00 Å². The molecule has 3 heterocycles. The fourth-order valence-electron chi connectivity index (χ4n) is 4.74. The molecule has 3 aliphatic rings. The molecule has 0 bridgehead atoms. The number of halogens is 1. The van der Waals surface area contributed by atoms with Crippen molar-refractivity contribution in [3.8, 4) is 6.07 Å². The normalized spacial score (nSPS) is 27.2. The molecule has 26 heavy (non-hydrogen) atoms. The Morgan fingerprint density at radius 3 is 2.77 bits per heavy atom. The topological polar surface area (TPSA) is 56.6 Å². The first-order valence-corrected chi connectivity index (χ1v) is 9.46. The molecule has 1 spiro atoms. The fraction of sp³-hybridized carbons (Fsp3) is 0.600. The van der Waals surface area contributed by atoms with Gasteiger partial charge in [-0.2, -0.15) is 5.26 Å². The third-order valence-electron chi connectivity index (χ3n) is 6.17. The van der Waals surface area contributed by atoms with Crippen molar-refractivity contribution in [2.75, 3.05) is 37.7 Å². The number of carbonyl (C=O) groups is 1. The van der Waals surface area contributed by atoms with Crippen LogP contribution in [0.4, 0.5) is 10.1 Å². The van der Waals surface area contributed by atoms with Crippen molar-refractivity contribution < 1.29 is 13.9 Å². The lowest BCUT2D eigenvalue weighted by atomic mass is 9.78. The molecule has 138 valence electrons. The molecule has 3 fully saturated rings. The van der Waals surface area contributed by atoms with E-state index in [9.17, 15) is 9.18 Å². The van der Waals surface area contributed by atoms with Gasteiger partial charge in [0.2, 0.25) is 5.91 Å². The summed E-state index contributed by atoms with van der Waals surface area (Å²) in [6.07, 6.45) is 4.43. The number of amides is 1. The van der Waals surface area contributed by atoms with Gasteiger partial charge in [-0.1, -0.05) is 0 Å². The Kier molecular flexibility index (Phi) is 4.58. The van der Waals surface area contributed by atoms with E-state index in [1.165, 1.54) is 6.07 Å². The van der Waals surface area contributed by atoms with Gasteiger partial charge in [0.05, 0.1) is 22.7 Å². The second kappa shape index (κ2) is 6.88. The zero-order chi connectivity index (χ0) is 18.1. The minimum atomic E-state index is -0.392. The Morgan fingerprint density at radius 1 is 1.23 bits per heavy atom. The van der Waals surface area contributed by atoms with E-state index in [-0.39, 0.29) is 17.8 Å². The van der Waals surface area contributed by atoms with Crippen molar-refractivity contribution in [1.82, 2.24) is 4.90 Å². The Labute approximate surface area is 153 Å². The van der Waals surface area contributed by atoms with Crippen molar-refractivity contribution in [2.24, 2.45) is 5.41 Å². The van der Waals surface area contributed by atoms with Gasteiger partial charge in [0.25, 0.3) is 0 Å². The first kappa shape index (κ1) is 17.3. The van der Waals surface area contributed by atoms with E-state index in [2.05, 4.69) is 4.90 Å². The van der Waals surface area contributed by atoms with Crippen LogP contribution in [0.3, 0.4) is 0 Å². The summed E-state index contributed by atoms with van der Waals surface area (Å²) in [6.45, 7) is 3.56. The Hall–Kier alpha value is -2.13. The lowest BCUT2D eigenvalue weighted by Gasteiger charge is -2.41. The van der Waals surface area contributed by atoms with Crippen LogP contribution in [-0.4, -0.2) is 49.7 Å². The van der Waals surface area contributed by atoms with Gasteiger partial charge in [-0.25, -0.2) is 4.39 Å². The molecule has 0 aromatic heterocycles. The maximum absolute atomic E-state index is 14.5. The summed E-state index contributed by atoms with van der Waals surface area (Å²) in [4.78, 5) is 17.3. The number of nitriles is 1. The van der Waals surface area contributed by atoms with Gasteiger partial charge in [0, 0.05) is 38.9 Å². The molecule has 3 saturated heterocycles. The lowest BCUT2D eigenvalue weighted by molar-refractivity contribution is -0.139. The smallest absolute Gasteiger partial charge is 0.230 e. The number of benzene rings is 1. The molecule has 0 N–H and O–H groups in total. The Morgan fingerprint density at radius 2 is 2.04 bits per heavy atom. The van der Waals surface area contributed by atoms with Crippen LogP contribution in [0.1, 0.15) is 37.7 Å². The molecule has 0 radical (unpaired) electrons. The Balaban J connectivity index is 1.53. The van der Waals surface area contributed by atoms with Crippen LogP contribution >= 0.6 is 0 Å². The van der Waals surface area contributed by atoms with E-state index in [1.54, 1.807) is 12.1 Å². The van der Waals surface area contributed by atoms with Gasteiger partial charge >= 0.3 is 0 Å². The molecule has 1 aromatic carbocycles. The summed E-state index contributed by atoms with van der Waals surface area (Å²) in [5, 5.41) is 8.93. The summed E-state index contributed by atoms with van der Waals surface area (Å²) in [7, 11) is 0. The maximum Gasteiger partial charge on any atom is 0.230 e. The molecule has 4 rings (SSSR count). The highest BCUT2D eigenvalue weighted by Gasteiger charge is 2.50. The molecular formula is C20H24FN3O2. The number of rotatable bonds is 2. The highest BCUT2D eigenvalue weighted by molar-refractivity contribution is 5.86. The predicted molar refractivity (Wildman–Crippen MR) is 95.2 cm³/mol. The summed E-state index contributed by atoms with van der Waals surface area (Å²) in [5.74, 6) is -0.143. The predicted octanol–water partition coefficient (Wildman–Crippen LogP) is 2.70. The summed E-state index contributed by atoms with van der Waals surface area (Å²) in [5.41, 5.74) is 0.428. The van der Waals surface area contributed by atoms with Crippen LogP contribution in [0.2, 0.25) is 0 Å². The molecule has 1 amide bonds. The lowest BCUT2D eigenvalue weighted by Crippen LogP contribution is -2.50. The van der Waals surface area contributed by atoms with Crippen LogP contribution in [0.5, 0.6) is 0 Å². The van der Waals surface area contributed by atoms with Gasteiger partial charge in [0.15, 0.2) is 0 Å². The number of piperidine rings is 1. The molecular weight excluding hydrogens is 333 g/mol. The second-order valence-electron chi connectivity index (χ2n) is 7.68. The molecule has 1 atom stereocenters. The van der Waals surface area contributed by atoms with Gasteiger partial charge in [-0.05, 0) is 50.3 Å². The van der Waals surface area contributed by atoms with Crippen LogP contribution in [0, 0.1) is 22.6 Å². The molecule has 0 aliphatic carbocycles. The number of anilines is 1. The van der Waals surface area contributed by atoms with E-state index in [1.807, 2.05) is 11.0 Å². The van der Waals surface area contributed by atoms with E-state index in [0.29, 0.717) is 17.8 Å². The molecule has 0 unspecified atom stereocenters. The highest BCUT2D eigenvalue weighted by atomic mass is 19.1. The van der Waals surface area contributed by atoms with Crippen LogP contribution in [-0.2, 0) is 9.53 Å². The maximum atomic E-state index is 14.5. The number of hydrogen-bond donors (Lipinski definition) is 0. The van der Waals surface area contributed by atoms with Gasteiger partial charge in [0.1, 0.15) is 5.82 Å². The van der Waals surface area contributed by atoms with Crippen LogP contribution in [0.25, 0.3) is 0 Å². The number of carbonyl (C=O) groups excluding carboxylic acids is 1. The third-order valence-corrected chi connectivity index (χ3v) is 6.17. The summed E-state index contributed by atoms with van der Waals surface area (Å²) in [6, 6.07) is 6.85. The minimum absolute atomic E-state index is 0.239. The number of hydrogen-bond acceptors (Lipinski definition) is 4. The Bertz CT molecular complexity index is 741. The number of likely N-dealkylation sites (tertiary alicyclic amines) is 1. The first-order valence-electron chi connectivity index (χ1n) is 9.46. The van der Waals surface area contributed by atoms with Crippen molar-refractivity contribution in [2.45, 2.75) is 38.1 Å². The van der Waals surface area contributed by atoms with E-state index >= 15 is 0 Å². The number of ether oxygens (including phenoxy) is 1. The van der Waals surface area contributed by atoms with Crippen LogP contribution < -0.4 is 4.90 Å². The zero-order valence-electron chi connectivity index (χ0n) is 14.9. The van der Waals surface area contributed by atoms with Gasteiger partial charge in [-0.3, -0.25) is 4.79 Å². The standard InChI is InChI=1S/C20H24FN3O2/c21-17-12-15(13-22)2-3-18(17)23-8-1-6-20(14-23)7-9-24(19(20)25)16-4-10-26-11-5-16/h2-3,12,16H,1,4-11,14H2/t20-/m1/s1. The molecule has 6 heteroatoms. The van der Waals surface area contributed by atoms with Crippen LogP contribution in [0.15, 0.2) is 18.2 Å². The largest absolute Gasteiger partial charge is 0.381 e. The second-order valence-corrected chi connectivity index (χ2v) is 7.68. The van der Waals surface area contributed by atoms with Crippen molar-refractivity contribution in [3.05, 3.63) is 29.6 Å². The summed E-state index contributed by atoms with van der Waals surface area (Å²) >= 11 is 0. The van der Waals surface area contributed by atoms with E-state index in [0.717, 1.165) is 58.4 Å². The SMILES string of the molecule is N#Cc1ccc(N2CCC[C@@]3(CCN(C4CCOCC4)C3=O)C2)c(F)c1. The van der Waals surface area contributed by atoms with Crippen molar-refractivity contribution >= 4 is 11.6 Å². The molecule has 1 aromatic rings. The summed E-state index contributed by atoms with van der Waals surface area (Å²) < 4.78 is 19.9. The average molecular weight is 357 g/mol. The minimum Gasteiger partial charge on any atom is -0.381 e. The molecule has 3 aliphatic heterocycles. The average Bonchev–Trinajstić information content (AvgIpc) is 2.98. The molecule has 0 saturated carbocycles. The number of nitrogens with zero attached hydrogens (tertiary/aromatic N) is 3. The fourth-order valence-corrected chi connectivity index (χ4v) is 4.74. The van der Waals surface area contributed by atoms with Crippen molar-refractivity contribution in [3.63, 3.8) is 0 Å². The van der Waals surface area contributed by atoms with E-state index < -0.39 is 5.41 Å². The zero-order valence-corrected chi connectivity index (χ0v) is 14.9. The van der Waals surface area contributed by atoms with Gasteiger partial charge in [-0.15, -0.1) is 0 Å².